The van der Waals surface area contributed by atoms with Gasteiger partial charge in [0.1, 0.15) is 16.2 Å². The summed E-state index contributed by atoms with van der Waals surface area (Å²) in [4.78, 5) is 24.7. The highest BCUT2D eigenvalue weighted by molar-refractivity contribution is 9.10. The third-order valence-electron chi connectivity index (χ3n) is 3.09. The van der Waals surface area contributed by atoms with Crippen molar-refractivity contribution in [3.8, 4) is 0 Å². The first-order valence-corrected chi connectivity index (χ1v) is 7.71. The maximum absolute atomic E-state index is 12.1. The topological polar surface area (TPSA) is 49.3 Å². The van der Waals surface area contributed by atoms with Crippen LogP contribution in [0.4, 0.5) is 5.82 Å². The SMILES string of the molecule is CCN(CC)C(=O)CN(C)c1cc(Br)nc(C(C)C)n1. The van der Waals surface area contributed by atoms with Crippen LogP contribution in [-0.4, -0.2) is 47.5 Å². The number of carbonyl (C=O) groups excluding carboxylic acids is 1. The van der Waals surface area contributed by atoms with Crippen LogP contribution in [0.5, 0.6) is 0 Å². The molecule has 0 aromatic carbocycles. The van der Waals surface area contributed by atoms with Gasteiger partial charge in [0.15, 0.2) is 0 Å². The van der Waals surface area contributed by atoms with Gasteiger partial charge in [-0.15, -0.1) is 0 Å². The Labute approximate surface area is 129 Å². The summed E-state index contributed by atoms with van der Waals surface area (Å²) in [6.45, 7) is 9.85. The Balaban J connectivity index is 2.87. The van der Waals surface area contributed by atoms with Crippen LogP contribution in [0.2, 0.25) is 0 Å². The molecule has 1 aromatic rings. The average molecular weight is 343 g/mol. The van der Waals surface area contributed by atoms with Crippen LogP contribution in [0.15, 0.2) is 10.7 Å². The molecule has 0 atom stereocenters. The Hall–Kier alpha value is -1.17. The summed E-state index contributed by atoms with van der Waals surface area (Å²) in [5, 5.41) is 0. The number of amides is 1. The van der Waals surface area contributed by atoms with E-state index in [-0.39, 0.29) is 11.8 Å². The maximum atomic E-state index is 12.1. The fourth-order valence-corrected chi connectivity index (χ4v) is 2.22. The molecule has 0 unspecified atom stereocenters. The Kier molecular flexibility index (Phi) is 6.39. The molecule has 5 nitrogen and oxygen atoms in total. The summed E-state index contributed by atoms with van der Waals surface area (Å²) in [5.41, 5.74) is 0. The summed E-state index contributed by atoms with van der Waals surface area (Å²) in [7, 11) is 1.88. The van der Waals surface area contributed by atoms with Gasteiger partial charge in [0, 0.05) is 32.1 Å². The predicted octanol–water partition coefficient (Wildman–Crippen LogP) is 2.67. The van der Waals surface area contributed by atoms with E-state index in [0.29, 0.717) is 6.54 Å². The summed E-state index contributed by atoms with van der Waals surface area (Å²) >= 11 is 3.40. The standard InChI is InChI=1S/C14H23BrN4O/c1-6-19(7-2)13(20)9-18(5)12-8-11(15)16-14(17-12)10(3)4/h8,10H,6-7,9H2,1-5H3. The quantitative estimate of drug-likeness (QED) is 0.745. The monoisotopic (exact) mass is 342 g/mol. The van der Waals surface area contributed by atoms with Crippen molar-refractivity contribution in [2.45, 2.75) is 33.6 Å². The summed E-state index contributed by atoms with van der Waals surface area (Å²) < 4.78 is 0.744. The molecule has 0 radical (unpaired) electrons. The number of anilines is 1. The second-order valence-electron chi connectivity index (χ2n) is 4.98. The van der Waals surface area contributed by atoms with Gasteiger partial charge in [-0.1, -0.05) is 13.8 Å². The molecule has 1 rings (SSSR count). The first-order valence-electron chi connectivity index (χ1n) is 6.92. The molecule has 0 fully saturated rings. The van der Waals surface area contributed by atoms with Gasteiger partial charge >= 0.3 is 0 Å². The number of halogens is 1. The van der Waals surface area contributed by atoms with Crippen LogP contribution in [0.1, 0.15) is 39.4 Å². The third kappa shape index (κ3) is 4.44. The first-order chi connectivity index (χ1) is 9.38. The van der Waals surface area contributed by atoms with E-state index < -0.39 is 0 Å². The van der Waals surface area contributed by atoms with Crippen LogP contribution in [0, 0.1) is 0 Å². The van der Waals surface area contributed by atoms with Gasteiger partial charge in [0.05, 0.1) is 6.54 Å². The van der Waals surface area contributed by atoms with Crippen molar-refractivity contribution in [1.82, 2.24) is 14.9 Å². The smallest absolute Gasteiger partial charge is 0.242 e. The number of rotatable bonds is 6. The second-order valence-corrected chi connectivity index (χ2v) is 5.80. The van der Waals surface area contributed by atoms with Crippen molar-refractivity contribution in [2.24, 2.45) is 0 Å². The van der Waals surface area contributed by atoms with Crippen molar-refractivity contribution in [3.63, 3.8) is 0 Å². The van der Waals surface area contributed by atoms with Gasteiger partial charge in [-0.3, -0.25) is 4.79 Å². The number of aromatic nitrogens is 2. The highest BCUT2D eigenvalue weighted by Gasteiger charge is 2.15. The molecule has 6 heteroatoms. The second kappa shape index (κ2) is 7.57. The van der Waals surface area contributed by atoms with Gasteiger partial charge in [-0.25, -0.2) is 9.97 Å². The van der Waals surface area contributed by atoms with Gasteiger partial charge in [0.25, 0.3) is 0 Å². The molecule has 0 N–H and O–H groups in total. The average Bonchev–Trinajstić information content (AvgIpc) is 2.39. The van der Waals surface area contributed by atoms with Gasteiger partial charge in [0.2, 0.25) is 5.91 Å². The molecular weight excluding hydrogens is 320 g/mol. The van der Waals surface area contributed by atoms with Crippen molar-refractivity contribution < 1.29 is 4.79 Å². The molecule has 0 aliphatic heterocycles. The largest absolute Gasteiger partial charge is 0.350 e. The molecule has 112 valence electrons. The molecule has 0 aliphatic carbocycles. The third-order valence-corrected chi connectivity index (χ3v) is 3.50. The van der Waals surface area contributed by atoms with E-state index in [0.717, 1.165) is 29.3 Å². The fourth-order valence-electron chi connectivity index (χ4n) is 1.84. The fraction of sp³-hybridized carbons (Fsp3) is 0.643. The minimum atomic E-state index is 0.110. The Morgan fingerprint density at radius 2 is 1.90 bits per heavy atom. The van der Waals surface area contributed by atoms with Gasteiger partial charge in [-0.05, 0) is 29.8 Å². The number of carbonyl (C=O) groups is 1. The van der Waals surface area contributed by atoms with E-state index in [9.17, 15) is 4.79 Å². The van der Waals surface area contributed by atoms with Crippen LogP contribution in [0.3, 0.4) is 0 Å². The Morgan fingerprint density at radius 1 is 1.30 bits per heavy atom. The van der Waals surface area contributed by atoms with E-state index >= 15 is 0 Å². The molecule has 0 saturated heterocycles. The molecular formula is C14H23BrN4O. The normalized spacial score (nSPS) is 10.8. The van der Waals surface area contributed by atoms with E-state index in [1.54, 1.807) is 0 Å². The minimum Gasteiger partial charge on any atom is -0.350 e. The lowest BCUT2D eigenvalue weighted by molar-refractivity contribution is -0.129. The minimum absolute atomic E-state index is 0.110. The molecule has 1 amide bonds. The zero-order valence-electron chi connectivity index (χ0n) is 12.9. The van der Waals surface area contributed by atoms with Gasteiger partial charge < -0.3 is 9.80 Å². The number of nitrogens with zero attached hydrogens (tertiary/aromatic N) is 4. The molecule has 0 bridgehead atoms. The lowest BCUT2D eigenvalue weighted by atomic mass is 10.2. The Bertz CT molecular complexity index is 460. The van der Waals surface area contributed by atoms with E-state index in [2.05, 4.69) is 25.9 Å². The van der Waals surface area contributed by atoms with Crippen LogP contribution in [0.25, 0.3) is 0 Å². The molecule has 0 saturated carbocycles. The molecule has 1 heterocycles. The summed E-state index contributed by atoms with van der Waals surface area (Å²) in [6.07, 6.45) is 0. The maximum Gasteiger partial charge on any atom is 0.242 e. The predicted molar refractivity (Wildman–Crippen MR) is 85.0 cm³/mol. The summed E-state index contributed by atoms with van der Waals surface area (Å²) in [5.74, 6) is 1.89. The number of hydrogen-bond acceptors (Lipinski definition) is 4. The molecule has 20 heavy (non-hydrogen) atoms. The molecule has 1 aromatic heterocycles. The van der Waals surface area contributed by atoms with Gasteiger partial charge in [-0.2, -0.15) is 0 Å². The number of likely N-dealkylation sites (N-methyl/N-ethyl adjacent to an activating group) is 2. The zero-order valence-corrected chi connectivity index (χ0v) is 14.4. The number of hydrogen-bond donors (Lipinski definition) is 0. The highest BCUT2D eigenvalue weighted by Crippen LogP contribution is 2.19. The van der Waals surface area contributed by atoms with Crippen molar-refractivity contribution in [2.75, 3.05) is 31.6 Å². The zero-order chi connectivity index (χ0) is 15.3. The van der Waals surface area contributed by atoms with E-state index in [4.69, 9.17) is 0 Å². The highest BCUT2D eigenvalue weighted by atomic mass is 79.9. The van der Waals surface area contributed by atoms with Crippen LogP contribution in [-0.2, 0) is 4.79 Å². The molecule has 0 spiro atoms. The first kappa shape index (κ1) is 16.9. The summed E-state index contributed by atoms with van der Waals surface area (Å²) in [6, 6.07) is 1.83. The lowest BCUT2D eigenvalue weighted by Crippen LogP contribution is -2.39. The molecule has 0 aliphatic rings. The van der Waals surface area contributed by atoms with Crippen molar-refractivity contribution >= 4 is 27.7 Å². The van der Waals surface area contributed by atoms with Crippen molar-refractivity contribution in [3.05, 3.63) is 16.5 Å². The van der Waals surface area contributed by atoms with E-state index in [1.807, 2.05) is 50.6 Å². The van der Waals surface area contributed by atoms with Crippen LogP contribution < -0.4 is 4.90 Å². The van der Waals surface area contributed by atoms with Crippen molar-refractivity contribution in [1.29, 1.82) is 0 Å². The Morgan fingerprint density at radius 3 is 2.40 bits per heavy atom. The van der Waals surface area contributed by atoms with E-state index in [1.165, 1.54) is 0 Å². The lowest BCUT2D eigenvalue weighted by Gasteiger charge is -2.24. The van der Waals surface area contributed by atoms with Crippen LogP contribution >= 0.6 is 15.9 Å².